The number of benzene rings is 1. The van der Waals surface area contributed by atoms with Gasteiger partial charge in [-0.1, -0.05) is 11.6 Å². The lowest BCUT2D eigenvalue weighted by atomic mass is 10.0. The van der Waals surface area contributed by atoms with E-state index in [0.717, 1.165) is 29.5 Å². The zero-order valence-electron chi connectivity index (χ0n) is 11.4. The summed E-state index contributed by atoms with van der Waals surface area (Å²) in [5.74, 6) is 0.0621. The number of piperidine rings is 1. The third-order valence-electron chi connectivity index (χ3n) is 3.95. The van der Waals surface area contributed by atoms with Crippen LogP contribution in [0.2, 0.25) is 5.02 Å². The normalized spacial score (nSPS) is 19.5. The fraction of sp³-hybridized carbons (Fsp3) is 0.400. The van der Waals surface area contributed by atoms with Gasteiger partial charge in [-0.15, -0.1) is 11.3 Å². The molecule has 3 rings (SSSR count). The van der Waals surface area contributed by atoms with Crippen molar-refractivity contribution in [3.8, 4) is 0 Å². The summed E-state index contributed by atoms with van der Waals surface area (Å²) in [6.45, 7) is 2.94. The van der Waals surface area contributed by atoms with Gasteiger partial charge in [0.25, 0.3) is 5.91 Å². The lowest BCUT2D eigenvalue weighted by Gasteiger charge is -2.33. The molecule has 0 radical (unpaired) electrons. The van der Waals surface area contributed by atoms with E-state index in [-0.39, 0.29) is 5.91 Å². The van der Waals surface area contributed by atoms with E-state index in [4.69, 9.17) is 17.3 Å². The van der Waals surface area contributed by atoms with Gasteiger partial charge in [0, 0.05) is 27.7 Å². The number of hydrogen-bond acceptors (Lipinski definition) is 3. The molecule has 1 fully saturated rings. The fourth-order valence-electron chi connectivity index (χ4n) is 2.78. The van der Waals surface area contributed by atoms with Crippen molar-refractivity contribution in [2.24, 2.45) is 0 Å². The number of hydrogen-bond donors (Lipinski definition) is 1. The van der Waals surface area contributed by atoms with Gasteiger partial charge in [0.1, 0.15) is 4.88 Å². The largest absolute Gasteiger partial charge is 0.397 e. The molecule has 2 heterocycles. The van der Waals surface area contributed by atoms with Crippen LogP contribution in [0, 0.1) is 0 Å². The van der Waals surface area contributed by atoms with Crippen LogP contribution in [0.1, 0.15) is 35.9 Å². The van der Waals surface area contributed by atoms with Gasteiger partial charge in [0.05, 0.1) is 5.69 Å². The number of halogens is 1. The van der Waals surface area contributed by atoms with Crippen molar-refractivity contribution in [2.45, 2.75) is 32.2 Å². The summed E-state index contributed by atoms with van der Waals surface area (Å²) in [7, 11) is 0. The number of nitrogen functional groups attached to an aromatic ring is 1. The second kappa shape index (κ2) is 5.26. The number of nitrogens with two attached hydrogens (primary N) is 1. The molecule has 0 spiro atoms. The summed E-state index contributed by atoms with van der Waals surface area (Å²) >= 11 is 7.47. The third-order valence-corrected chi connectivity index (χ3v) is 5.36. The van der Waals surface area contributed by atoms with Gasteiger partial charge in [-0.05, 0) is 44.4 Å². The number of nitrogens with zero attached hydrogens (tertiary/aromatic N) is 1. The van der Waals surface area contributed by atoms with Crippen LogP contribution in [0.4, 0.5) is 5.69 Å². The van der Waals surface area contributed by atoms with Crippen LogP contribution in [0.15, 0.2) is 18.2 Å². The first kappa shape index (κ1) is 13.7. The Hall–Kier alpha value is -1.26. The topological polar surface area (TPSA) is 46.3 Å². The lowest BCUT2D eigenvalue weighted by Crippen LogP contribution is -2.41. The molecular weight excluding hydrogens is 292 g/mol. The highest BCUT2D eigenvalue weighted by Crippen LogP contribution is 2.36. The molecule has 1 aromatic heterocycles. The molecule has 1 aliphatic rings. The summed E-state index contributed by atoms with van der Waals surface area (Å²) < 4.78 is 1.01. The number of rotatable bonds is 1. The molecule has 0 aliphatic carbocycles. The van der Waals surface area contributed by atoms with E-state index in [2.05, 4.69) is 6.92 Å². The fourth-order valence-corrected chi connectivity index (χ4v) is 4.01. The maximum atomic E-state index is 12.7. The average molecular weight is 309 g/mol. The maximum Gasteiger partial charge on any atom is 0.266 e. The van der Waals surface area contributed by atoms with E-state index >= 15 is 0 Å². The van der Waals surface area contributed by atoms with Crippen LogP contribution < -0.4 is 5.73 Å². The molecule has 1 saturated heterocycles. The van der Waals surface area contributed by atoms with Gasteiger partial charge in [-0.3, -0.25) is 4.79 Å². The monoisotopic (exact) mass is 308 g/mol. The first-order chi connectivity index (χ1) is 9.58. The second-order valence-electron chi connectivity index (χ2n) is 5.33. The highest BCUT2D eigenvalue weighted by atomic mass is 35.5. The van der Waals surface area contributed by atoms with E-state index in [0.29, 0.717) is 21.6 Å². The Morgan fingerprint density at radius 2 is 2.25 bits per heavy atom. The van der Waals surface area contributed by atoms with Crippen molar-refractivity contribution >= 4 is 44.6 Å². The molecule has 2 N–H and O–H groups in total. The van der Waals surface area contributed by atoms with Gasteiger partial charge in [-0.2, -0.15) is 0 Å². The van der Waals surface area contributed by atoms with Crippen molar-refractivity contribution in [1.82, 2.24) is 4.90 Å². The second-order valence-corrected chi connectivity index (χ2v) is 6.82. The van der Waals surface area contributed by atoms with E-state index in [1.54, 1.807) is 0 Å². The molecule has 106 valence electrons. The molecule has 1 atom stereocenters. The molecule has 1 amide bonds. The zero-order valence-corrected chi connectivity index (χ0v) is 12.9. The van der Waals surface area contributed by atoms with Crippen LogP contribution in [-0.2, 0) is 0 Å². The summed E-state index contributed by atoms with van der Waals surface area (Å²) in [6.07, 6.45) is 3.34. The number of carbonyl (C=O) groups excluding carboxylic acids is 1. The molecule has 0 bridgehead atoms. The molecule has 1 aromatic carbocycles. The van der Waals surface area contributed by atoms with Gasteiger partial charge < -0.3 is 10.6 Å². The van der Waals surface area contributed by atoms with Crippen LogP contribution in [-0.4, -0.2) is 23.4 Å². The summed E-state index contributed by atoms with van der Waals surface area (Å²) in [6, 6.07) is 5.88. The minimum atomic E-state index is 0.0621. The van der Waals surface area contributed by atoms with E-state index in [9.17, 15) is 4.79 Å². The molecule has 20 heavy (non-hydrogen) atoms. The van der Waals surface area contributed by atoms with Crippen molar-refractivity contribution < 1.29 is 4.79 Å². The molecule has 5 heteroatoms. The molecule has 2 aromatic rings. The maximum absolute atomic E-state index is 12.7. The Morgan fingerprint density at radius 1 is 1.45 bits per heavy atom. The number of anilines is 1. The first-order valence-corrected chi connectivity index (χ1v) is 8.06. The first-order valence-electron chi connectivity index (χ1n) is 6.86. The summed E-state index contributed by atoms with van der Waals surface area (Å²) in [5, 5.41) is 1.53. The van der Waals surface area contributed by atoms with Gasteiger partial charge in [-0.25, -0.2) is 0 Å². The Kier molecular flexibility index (Phi) is 3.61. The van der Waals surface area contributed by atoms with Crippen LogP contribution in [0.3, 0.4) is 0 Å². The van der Waals surface area contributed by atoms with Gasteiger partial charge >= 0.3 is 0 Å². The number of thiophene rings is 1. The molecule has 1 aliphatic heterocycles. The van der Waals surface area contributed by atoms with E-state index in [1.807, 2.05) is 23.1 Å². The summed E-state index contributed by atoms with van der Waals surface area (Å²) in [4.78, 5) is 15.3. The summed E-state index contributed by atoms with van der Waals surface area (Å²) in [5.41, 5.74) is 6.73. The predicted octanol–water partition coefficient (Wildman–Crippen LogP) is 4.15. The predicted molar refractivity (Wildman–Crippen MR) is 85.6 cm³/mol. The van der Waals surface area contributed by atoms with Crippen molar-refractivity contribution in [1.29, 1.82) is 0 Å². The van der Waals surface area contributed by atoms with Crippen molar-refractivity contribution in [3.05, 3.63) is 28.1 Å². The molecular formula is C15H17ClN2OS. The number of carbonyl (C=O) groups is 1. The Morgan fingerprint density at radius 3 is 3.00 bits per heavy atom. The van der Waals surface area contributed by atoms with Gasteiger partial charge in [0.15, 0.2) is 0 Å². The van der Waals surface area contributed by atoms with Crippen molar-refractivity contribution in [2.75, 3.05) is 12.3 Å². The third kappa shape index (κ3) is 2.27. The minimum Gasteiger partial charge on any atom is -0.397 e. The molecule has 1 unspecified atom stereocenters. The Balaban J connectivity index is 2.01. The number of amides is 1. The SMILES string of the molecule is CC1CCCCN1C(=O)c1sc2ccc(Cl)cc2c1N. The van der Waals surface area contributed by atoms with Crippen LogP contribution in [0.5, 0.6) is 0 Å². The van der Waals surface area contributed by atoms with Gasteiger partial charge in [0.2, 0.25) is 0 Å². The Bertz CT molecular complexity index is 667. The number of fused-ring (bicyclic) bond motifs is 1. The zero-order chi connectivity index (χ0) is 14.3. The highest BCUT2D eigenvalue weighted by Gasteiger charge is 2.27. The standard InChI is InChI=1S/C15H17ClN2OS/c1-9-4-2-3-7-18(9)15(19)14-13(17)11-8-10(16)5-6-12(11)20-14/h5-6,8-9H,2-4,7,17H2,1H3. The van der Waals surface area contributed by atoms with Crippen molar-refractivity contribution in [3.63, 3.8) is 0 Å². The number of likely N-dealkylation sites (tertiary alicyclic amines) is 1. The van der Waals surface area contributed by atoms with Crippen LogP contribution >= 0.6 is 22.9 Å². The van der Waals surface area contributed by atoms with Crippen LogP contribution in [0.25, 0.3) is 10.1 Å². The quantitative estimate of drug-likeness (QED) is 0.860. The minimum absolute atomic E-state index is 0.0621. The lowest BCUT2D eigenvalue weighted by molar-refractivity contribution is 0.0642. The smallest absolute Gasteiger partial charge is 0.266 e. The van der Waals surface area contributed by atoms with E-state index in [1.165, 1.54) is 17.8 Å². The molecule has 0 saturated carbocycles. The molecule has 3 nitrogen and oxygen atoms in total. The van der Waals surface area contributed by atoms with E-state index < -0.39 is 0 Å². The Labute approximate surface area is 127 Å². The highest BCUT2D eigenvalue weighted by molar-refractivity contribution is 7.21. The average Bonchev–Trinajstić information content (AvgIpc) is 2.76.